The van der Waals surface area contributed by atoms with Gasteiger partial charge in [0.15, 0.2) is 0 Å². The summed E-state index contributed by atoms with van der Waals surface area (Å²) in [6.07, 6.45) is 1.66. The number of amides is 1. The zero-order valence-electron chi connectivity index (χ0n) is 9.25. The first-order valence-electron chi connectivity index (χ1n) is 4.90. The molecule has 0 bridgehead atoms. The largest absolute Gasteiger partial charge is 0.478 e. The molecule has 1 aromatic carbocycles. The van der Waals surface area contributed by atoms with E-state index in [4.69, 9.17) is 5.11 Å². The minimum absolute atomic E-state index is 0.581. The summed E-state index contributed by atoms with van der Waals surface area (Å²) in [5.41, 5.74) is 3.76. The van der Waals surface area contributed by atoms with E-state index in [0.29, 0.717) is 5.71 Å². The Bertz CT molecular complexity index is 464. The van der Waals surface area contributed by atoms with Gasteiger partial charge in [-0.1, -0.05) is 30.3 Å². The first-order chi connectivity index (χ1) is 8.09. The fourth-order valence-electron chi connectivity index (χ4n) is 1.07. The number of nitrogens with zero attached hydrogens (tertiary/aromatic N) is 1. The lowest BCUT2D eigenvalue weighted by molar-refractivity contribution is -0.131. The van der Waals surface area contributed by atoms with Crippen molar-refractivity contribution in [1.29, 1.82) is 0 Å². The molecule has 5 nitrogen and oxygen atoms in total. The van der Waals surface area contributed by atoms with Crippen LogP contribution in [0.2, 0.25) is 0 Å². The lowest BCUT2D eigenvalue weighted by Crippen LogP contribution is -2.16. The summed E-state index contributed by atoms with van der Waals surface area (Å²) in [6.45, 7) is 1.75. The maximum Gasteiger partial charge on any atom is 0.328 e. The molecule has 0 spiro atoms. The number of hydrazone groups is 1. The second-order valence-electron chi connectivity index (χ2n) is 3.21. The van der Waals surface area contributed by atoms with Gasteiger partial charge < -0.3 is 5.11 Å². The number of hydrogen-bond donors (Lipinski definition) is 2. The molecule has 1 aromatic rings. The van der Waals surface area contributed by atoms with E-state index in [1.54, 1.807) is 6.92 Å². The highest BCUT2D eigenvalue weighted by atomic mass is 16.4. The summed E-state index contributed by atoms with van der Waals surface area (Å²) in [5.74, 6) is -1.76. The van der Waals surface area contributed by atoms with Gasteiger partial charge in [0, 0.05) is 12.2 Å². The molecule has 17 heavy (non-hydrogen) atoms. The van der Waals surface area contributed by atoms with Crippen molar-refractivity contribution in [3.05, 3.63) is 48.0 Å². The molecule has 0 saturated carbocycles. The summed E-state index contributed by atoms with van der Waals surface area (Å²) >= 11 is 0. The van der Waals surface area contributed by atoms with E-state index in [1.807, 2.05) is 30.3 Å². The van der Waals surface area contributed by atoms with Gasteiger partial charge >= 0.3 is 5.97 Å². The van der Waals surface area contributed by atoms with Crippen LogP contribution in [0, 0.1) is 0 Å². The molecule has 0 heterocycles. The Morgan fingerprint density at radius 3 is 2.47 bits per heavy atom. The van der Waals surface area contributed by atoms with Crippen molar-refractivity contribution < 1.29 is 14.7 Å². The van der Waals surface area contributed by atoms with Gasteiger partial charge in [-0.25, -0.2) is 10.2 Å². The smallest absolute Gasteiger partial charge is 0.328 e. The van der Waals surface area contributed by atoms with Crippen molar-refractivity contribution in [2.45, 2.75) is 6.92 Å². The molecule has 1 amide bonds. The van der Waals surface area contributed by atoms with Gasteiger partial charge in [-0.15, -0.1) is 0 Å². The van der Waals surface area contributed by atoms with Crippen LogP contribution in [-0.4, -0.2) is 22.7 Å². The normalized spacial score (nSPS) is 11.5. The third-order valence-corrected chi connectivity index (χ3v) is 1.90. The van der Waals surface area contributed by atoms with E-state index >= 15 is 0 Å². The number of rotatable bonds is 4. The van der Waals surface area contributed by atoms with Gasteiger partial charge in [0.1, 0.15) is 0 Å². The van der Waals surface area contributed by atoms with Crippen molar-refractivity contribution in [3.8, 4) is 0 Å². The molecular formula is C12H12N2O3. The fraction of sp³-hybridized carbons (Fsp3) is 0.0833. The van der Waals surface area contributed by atoms with Crippen molar-refractivity contribution in [2.24, 2.45) is 5.10 Å². The van der Waals surface area contributed by atoms with E-state index in [1.165, 1.54) is 0 Å². The molecule has 0 fully saturated rings. The van der Waals surface area contributed by atoms with Crippen LogP contribution in [0.25, 0.3) is 0 Å². The molecular weight excluding hydrogens is 220 g/mol. The average Bonchev–Trinajstić information content (AvgIpc) is 2.34. The fourth-order valence-corrected chi connectivity index (χ4v) is 1.07. The highest BCUT2D eigenvalue weighted by molar-refractivity contribution is 6.00. The Balaban J connectivity index is 2.60. The van der Waals surface area contributed by atoms with Crippen LogP contribution in [0.1, 0.15) is 12.5 Å². The number of carbonyl (C=O) groups excluding carboxylic acids is 1. The lowest BCUT2D eigenvalue weighted by Gasteiger charge is -2.00. The number of carboxylic acids is 1. The van der Waals surface area contributed by atoms with Crippen LogP contribution < -0.4 is 5.43 Å². The van der Waals surface area contributed by atoms with Crippen LogP contribution in [0.15, 0.2) is 47.6 Å². The van der Waals surface area contributed by atoms with Gasteiger partial charge in [-0.05, 0) is 12.5 Å². The standard InChI is InChI=1S/C12H12N2O3/c1-9(10-5-3-2-4-6-10)13-14-11(15)7-8-12(16)17/h2-8H,1H3,(H,14,15)(H,16,17). The number of aliphatic carboxylic acids is 1. The topological polar surface area (TPSA) is 78.8 Å². The molecule has 0 atom stereocenters. The number of benzene rings is 1. The Morgan fingerprint density at radius 2 is 1.88 bits per heavy atom. The molecule has 0 radical (unpaired) electrons. The van der Waals surface area contributed by atoms with E-state index in [9.17, 15) is 9.59 Å². The first-order valence-corrected chi connectivity index (χ1v) is 4.90. The van der Waals surface area contributed by atoms with Gasteiger partial charge in [0.05, 0.1) is 5.71 Å². The Labute approximate surface area is 98.5 Å². The third kappa shape index (κ3) is 4.74. The quantitative estimate of drug-likeness (QED) is 0.464. The molecule has 0 saturated heterocycles. The molecule has 88 valence electrons. The van der Waals surface area contributed by atoms with Gasteiger partial charge in [0.25, 0.3) is 5.91 Å². The SMILES string of the molecule is CC(=NNC(=O)C=CC(=O)O)c1ccccc1. The Hall–Kier alpha value is -2.43. The van der Waals surface area contributed by atoms with Crippen LogP contribution in [0.4, 0.5) is 0 Å². The second kappa shape index (κ2) is 6.22. The molecule has 0 aromatic heterocycles. The van der Waals surface area contributed by atoms with E-state index in [0.717, 1.165) is 17.7 Å². The van der Waals surface area contributed by atoms with Gasteiger partial charge in [-0.3, -0.25) is 4.79 Å². The maximum atomic E-state index is 11.1. The Morgan fingerprint density at radius 1 is 1.24 bits per heavy atom. The van der Waals surface area contributed by atoms with Crippen molar-refractivity contribution in [3.63, 3.8) is 0 Å². The predicted octanol–water partition coefficient (Wildman–Crippen LogP) is 1.17. The molecule has 2 N–H and O–H groups in total. The summed E-state index contributed by atoms with van der Waals surface area (Å²) < 4.78 is 0. The van der Waals surface area contributed by atoms with Crippen LogP contribution in [-0.2, 0) is 9.59 Å². The van der Waals surface area contributed by atoms with Crippen LogP contribution in [0.3, 0.4) is 0 Å². The van der Waals surface area contributed by atoms with E-state index in [2.05, 4.69) is 10.5 Å². The van der Waals surface area contributed by atoms with E-state index < -0.39 is 11.9 Å². The van der Waals surface area contributed by atoms with Gasteiger partial charge in [-0.2, -0.15) is 5.10 Å². The monoisotopic (exact) mass is 232 g/mol. The minimum Gasteiger partial charge on any atom is -0.478 e. The lowest BCUT2D eigenvalue weighted by atomic mass is 10.1. The molecule has 0 aliphatic heterocycles. The number of carbonyl (C=O) groups is 2. The zero-order valence-corrected chi connectivity index (χ0v) is 9.25. The first kappa shape index (κ1) is 12.6. The van der Waals surface area contributed by atoms with Crippen LogP contribution >= 0.6 is 0 Å². The maximum absolute atomic E-state index is 11.1. The number of hydrogen-bond acceptors (Lipinski definition) is 3. The summed E-state index contributed by atoms with van der Waals surface area (Å²) in [4.78, 5) is 21.3. The van der Waals surface area contributed by atoms with Crippen molar-refractivity contribution >= 4 is 17.6 Å². The van der Waals surface area contributed by atoms with Crippen molar-refractivity contribution in [1.82, 2.24) is 5.43 Å². The molecule has 0 aliphatic carbocycles. The van der Waals surface area contributed by atoms with Crippen molar-refractivity contribution in [2.75, 3.05) is 0 Å². The minimum atomic E-state index is -1.18. The molecule has 0 unspecified atom stereocenters. The van der Waals surface area contributed by atoms with E-state index in [-0.39, 0.29) is 0 Å². The van der Waals surface area contributed by atoms with Gasteiger partial charge in [0.2, 0.25) is 0 Å². The zero-order chi connectivity index (χ0) is 12.7. The second-order valence-corrected chi connectivity index (χ2v) is 3.21. The molecule has 0 aliphatic rings. The third-order valence-electron chi connectivity index (χ3n) is 1.90. The molecule has 5 heteroatoms. The predicted molar refractivity (Wildman–Crippen MR) is 63.6 cm³/mol. The molecule has 1 rings (SSSR count). The number of carboxylic acid groups (broad SMARTS) is 1. The summed E-state index contributed by atoms with van der Waals surface area (Å²) in [5, 5.41) is 12.2. The highest BCUT2D eigenvalue weighted by Crippen LogP contribution is 1.99. The average molecular weight is 232 g/mol. The summed E-state index contributed by atoms with van der Waals surface area (Å²) in [6, 6.07) is 9.32. The number of nitrogens with one attached hydrogen (secondary N) is 1. The highest BCUT2D eigenvalue weighted by Gasteiger charge is 1.97. The summed E-state index contributed by atoms with van der Waals surface area (Å²) in [7, 11) is 0. The van der Waals surface area contributed by atoms with Crippen LogP contribution in [0.5, 0.6) is 0 Å². The Kier molecular flexibility index (Phi) is 4.62.